The fourth-order valence-corrected chi connectivity index (χ4v) is 4.59. The van der Waals surface area contributed by atoms with Crippen molar-refractivity contribution in [3.63, 3.8) is 0 Å². The van der Waals surface area contributed by atoms with Gasteiger partial charge in [-0.25, -0.2) is 0 Å². The third-order valence-corrected chi connectivity index (χ3v) is 6.75. The average molecular weight is 319 g/mol. The van der Waals surface area contributed by atoms with Crippen molar-refractivity contribution >= 4 is 9.52 Å². The van der Waals surface area contributed by atoms with Gasteiger partial charge in [0.25, 0.3) is 0 Å². The van der Waals surface area contributed by atoms with Gasteiger partial charge in [-0.2, -0.15) is 0 Å². The molecule has 2 rings (SSSR count). The number of rotatable bonds is 9. The van der Waals surface area contributed by atoms with Crippen molar-refractivity contribution in [2.75, 3.05) is 13.2 Å². The number of ether oxygens (including phenoxy) is 1. The van der Waals surface area contributed by atoms with Gasteiger partial charge in [0.1, 0.15) is 0 Å². The third-order valence-electron chi connectivity index (χ3n) is 5.11. The van der Waals surface area contributed by atoms with E-state index in [4.69, 9.17) is 4.74 Å². The van der Waals surface area contributed by atoms with Gasteiger partial charge in [-0.3, -0.25) is 0 Å². The second-order valence-corrected chi connectivity index (χ2v) is 9.20. The van der Waals surface area contributed by atoms with Gasteiger partial charge in [0, 0.05) is 22.7 Å². The third kappa shape index (κ3) is 5.89. The first kappa shape index (κ1) is 17.7. The first-order valence-corrected chi connectivity index (χ1v) is 11.5. The molecule has 0 saturated heterocycles. The van der Waals surface area contributed by atoms with Crippen molar-refractivity contribution in [3.8, 4) is 0 Å². The molecule has 1 fully saturated rings. The molecule has 1 aromatic rings. The topological polar surface area (TPSA) is 9.23 Å². The second kappa shape index (κ2) is 10.2. The van der Waals surface area contributed by atoms with Crippen LogP contribution in [0.2, 0.25) is 6.04 Å². The van der Waals surface area contributed by atoms with Gasteiger partial charge < -0.3 is 4.74 Å². The van der Waals surface area contributed by atoms with E-state index in [1.165, 1.54) is 50.6 Å². The Bertz CT molecular complexity index is 393. The van der Waals surface area contributed by atoms with Crippen LogP contribution in [0.25, 0.3) is 0 Å². The fourth-order valence-electron chi connectivity index (χ4n) is 3.50. The lowest BCUT2D eigenvalue weighted by Gasteiger charge is -2.28. The minimum Gasteiger partial charge on any atom is -0.381 e. The Morgan fingerprint density at radius 2 is 1.77 bits per heavy atom. The zero-order chi connectivity index (χ0) is 15.6. The Kier molecular flexibility index (Phi) is 8.25. The van der Waals surface area contributed by atoms with Crippen LogP contribution in [0.15, 0.2) is 24.3 Å². The summed E-state index contributed by atoms with van der Waals surface area (Å²) in [4.78, 5) is 0. The Labute approximate surface area is 139 Å². The molecule has 1 aromatic carbocycles. The lowest BCUT2D eigenvalue weighted by molar-refractivity contribution is 0.0808. The molecular weight excluding hydrogens is 284 g/mol. The summed E-state index contributed by atoms with van der Waals surface area (Å²) in [5, 5.41) is 0. The predicted octanol–water partition coefficient (Wildman–Crippen LogP) is 4.88. The summed E-state index contributed by atoms with van der Waals surface area (Å²) in [5.41, 5.74) is 3.14. The van der Waals surface area contributed by atoms with Crippen LogP contribution in [-0.2, 0) is 10.8 Å². The zero-order valence-electron chi connectivity index (χ0n) is 14.7. The van der Waals surface area contributed by atoms with E-state index in [-0.39, 0.29) is 9.52 Å². The Morgan fingerprint density at radius 1 is 1.05 bits per heavy atom. The molecule has 0 unspecified atom stereocenters. The molecule has 0 heterocycles. The van der Waals surface area contributed by atoms with E-state index in [1.807, 2.05) is 0 Å². The van der Waals surface area contributed by atoms with E-state index >= 15 is 0 Å². The molecule has 0 aromatic heterocycles. The molecule has 124 valence electrons. The molecular formula is C20H34OSi. The van der Waals surface area contributed by atoms with E-state index in [0.717, 1.165) is 25.0 Å². The van der Waals surface area contributed by atoms with Crippen molar-refractivity contribution in [2.45, 2.75) is 70.4 Å². The standard InChI is InChI=1S/C20H34OSi/c1-3-5-14-21-15-17-6-10-19(11-7-17)20-12-8-18(9-13-20)16-22-4-2/h8-9,12-13,17,19H,3-7,10-11,14-16,22H2,1-2H3/t17-,19-. The van der Waals surface area contributed by atoms with Crippen LogP contribution in [0, 0.1) is 5.92 Å². The number of unbranched alkanes of at least 4 members (excludes halogenated alkanes) is 1. The highest BCUT2D eigenvalue weighted by Gasteiger charge is 2.22. The van der Waals surface area contributed by atoms with Crippen LogP contribution < -0.4 is 0 Å². The SMILES string of the molecule is CCCCOC[C@H]1CC[C@H](c2ccc(C[SiH2]CC)cc2)CC1. The number of hydrogen-bond donors (Lipinski definition) is 0. The van der Waals surface area contributed by atoms with E-state index < -0.39 is 0 Å². The van der Waals surface area contributed by atoms with Crippen molar-refractivity contribution in [1.29, 1.82) is 0 Å². The molecule has 1 aliphatic carbocycles. The van der Waals surface area contributed by atoms with Gasteiger partial charge >= 0.3 is 0 Å². The van der Waals surface area contributed by atoms with Crippen molar-refractivity contribution in [2.24, 2.45) is 5.92 Å². The molecule has 0 atom stereocenters. The molecule has 1 saturated carbocycles. The highest BCUT2D eigenvalue weighted by molar-refractivity contribution is 6.34. The minimum absolute atomic E-state index is 0.155. The van der Waals surface area contributed by atoms with Gasteiger partial charge in [0.2, 0.25) is 0 Å². The molecule has 1 nitrogen and oxygen atoms in total. The summed E-state index contributed by atoms with van der Waals surface area (Å²) in [6.07, 6.45) is 7.85. The van der Waals surface area contributed by atoms with Gasteiger partial charge in [-0.05, 0) is 55.5 Å². The maximum Gasteiger partial charge on any atom is 0.0494 e. The highest BCUT2D eigenvalue weighted by atomic mass is 28.2. The Morgan fingerprint density at radius 3 is 2.41 bits per heavy atom. The first-order chi connectivity index (χ1) is 10.8. The normalized spacial score (nSPS) is 22.5. The fraction of sp³-hybridized carbons (Fsp3) is 0.700. The molecule has 22 heavy (non-hydrogen) atoms. The van der Waals surface area contributed by atoms with Gasteiger partial charge in [-0.1, -0.05) is 56.1 Å². The van der Waals surface area contributed by atoms with Crippen LogP contribution in [0.4, 0.5) is 0 Å². The molecule has 2 heteroatoms. The minimum atomic E-state index is 0.155. The first-order valence-electron chi connectivity index (χ1n) is 9.50. The maximum absolute atomic E-state index is 5.81. The Hall–Kier alpha value is -0.603. The lowest BCUT2D eigenvalue weighted by Crippen LogP contribution is -2.18. The summed E-state index contributed by atoms with van der Waals surface area (Å²) in [5.74, 6) is 1.60. The molecule has 0 N–H and O–H groups in total. The quantitative estimate of drug-likeness (QED) is 0.465. The molecule has 0 bridgehead atoms. The summed E-state index contributed by atoms with van der Waals surface area (Å²) in [6.45, 7) is 6.50. The zero-order valence-corrected chi connectivity index (χ0v) is 16.1. The molecule has 0 amide bonds. The molecule has 1 aliphatic rings. The molecule has 0 spiro atoms. The van der Waals surface area contributed by atoms with Crippen LogP contribution in [0.1, 0.15) is 69.4 Å². The smallest absolute Gasteiger partial charge is 0.0494 e. The van der Waals surface area contributed by atoms with E-state index in [9.17, 15) is 0 Å². The van der Waals surface area contributed by atoms with E-state index in [1.54, 1.807) is 11.1 Å². The largest absolute Gasteiger partial charge is 0.381 e. The lowest BCUT2D eigenvalue weighted by atomic mass is 9.79. The monoisotopic (exact) mass is 318 g/mol. The average Bonchev–Trinajstić information content (AvgIpc) is 2.58. The second-order valence-electron chi connectivity index (χ2n) is 6.99. The van der Waals surface area contributed by atoms with Crippen LogP contribution in [0.3, 0.4) is 0 Å². The van der Waals surface area contributed by atoms with Crippen molar-refractivity contribution in [1.82, 2.24) is 0 Å². The van der Waals surface area contributed by atoms with Crippen LogP contribution in [0.5, 0.6) is 0 Å². The summed E-state index contributed by atoms with van der Waals surface area (Å²) in [6, 6.07) is 12.4. The number of benzene rings is 1. The van der Waals surface area contributed by atoms with Crippen molar-refractivity contribution in [3.05, 3.63) is 35.4 Å². The van der Waals surface area contributed by atoms with Gasteiger partial charge in [-0.15, -0.1) is 0 Å². The van der Waals surface area contributed by atoms with E-state index in [0.29, 0.717) is 0 Å². The van der Waals surface area contributed by atoms with Crippen LogP contribution >= 0.6 is 0 Å². The highest BCUT2D eigenvalue weighted by Crippen LogP contribution is 2.35. The summed E-state index contributed by atoms with van der Waals surface area (Å²) < 4.78 is 5.81. The van der Waals surface area contributed by atoms with Gasteiger partial charge in [0.15, 0.2) is 0 Å². The number of hydrogen-bond acceptors (Lipinski definition) is 1. The summed E-state index contributed by atoms with van der Waals surface area (Å²) >= 11 is 0. The van der Waals surface area contributed by atoms with Crippen LogP contribution in [-0.4, -0.2) is 22.7 Å². The van der Waals surface area contributed by atoms with Crippen molar-refractivity contribution < 1.29 is 4.74 Å². The summed E-state index contributed by atoms with van der Waals surface area (Å²) in [7, 11) is 0.155. The maximum atomic E-state index is 5.81. The molecule has 0 radical (unpaired) electrons. The predicted molar refractivity (Wildman–Crippen MR) is 99.6 cm³/mol. The molecule has 0 aliphatic heterocycles. The Balaban J connectivity index is 1.72. The van der Waals surface area contributed by atoms with E-state index in [2.05, 4.69) is 38.1 Å². The van der Waals surface area contributed by atoms with Gasteiger partial charge in [0.05, 0.1) is 0 Å².